The van der Waals surface area contributed by atoms with Crippen molar-refractivity contribution in [3.63, 3.8) is 0 Å². The van der Waals surface area contributed by atoms with Crippen molar-refractivity contribution in [3.05, 3.63) is 56.5 Å². The Morgan fingerprint density at radius 3 is 1.48 bits per heavy atom. The molecule has 25 heavy (non-hydrogen) atoms. The first-order valence-electron chi connectivity index (χ1n) is 6.88. The van der Waals surface area contributed by atoms with Crippen LogP contribution in [0.5, 0.6) is 0 Å². The molecule has 0 atom stereocenters. The van der Waals surface area contributed by atoms with E-state index in [0.717, 1.165) is 31.1 Å². The van der Waals surface area contributed by atoms with E-state index >= 15 is 0 Å². The standard InChI is InChI=1S/2C8H6ClNS.2ClH.Pt/c2*1-5-10-7-4-6(9)2-3-8(7)11-5;;;/h2*2-4H,1H3;2*1H;/q;;;;+2. The first-order chi connectivity index (χ1) is 11.9. The molecule has 4 rings (SSSR count). The molecule has 0 saturated heterocycles. The molecule has 4 aromatic rings. The summed E-state index contributed by atoms with van der Waals surface area (Å²) in [6.07, 6.45) is 0. The second-order valence-electron chi connectivity index (χ2n) is 4.85. The van der Waals surface area contributed by atoms with E-state index < -0.39 is 16.5 Å². The normalized spacial score (nSPS) is 10.3. The molecule has 0 aliphatic rings. The van der Waals surface area contributed by atoms with Crippen molar-refractivity contribution in [2.75, 3.05) is 0 Å². The van der Waals surface area contributed by atoms with Gasteiger partial charge in [-0.15, -0.1) is 0 Å². The summed E-state index contributed by atoms with van der Waals surface area (Å²) in [7, 11) is 9.75. The number of rotatable bonds is 0. The van der Waals surface area contributed by atoms with Crippen molar-refractivity contribution < 1.29 is 16.5 Å². The van der Waals surface area contributed by atoms with Crippen molar-refractivity contribution in [3.8, 4) is 0 Å². The van der Waals surface area contributed by atoms with Gasteiger partial charge in [0.2, 0.25) is 10.0 Å². The van der Waals surface area contributed by atoms with Crippen LogP contribution in [0.1, 0.15) is 10.0 Å². The zero-order chi connectivity index (χ0) is 18.4. The average molecular weight is 635 g/mol. The molecule has 2 aromatic carbocycles. The number of benzene rings is 2. The van der Waals surface area contributed by atoms with Crippen molar-refractivity contribution in [1.29, 1.82) is 0 Å². The minimum atomic E-state index is -0.472. The molecule has 0 amide bonds. The summed E-state index contributed by atoms with van der Waals surface area (Å²) in [6.45, 7) is 4.05. The predicted molar refractivity (Wildman–Crippen MR) is 113 cm³/mol. The molecule has 136 valence electrons. The molecular formula is C16H14Cl4N2PtS2+2. The van der Waals surface area contributed by atoms with E-state index in [9.17, 15) is 0 Å². The van der Waals surface area contributed by atoms with Gasteiger partial charge in [-0.05, 0) is 46.9 Å². The second kappa shape index (κ2) is 10.4. The molecule has 0 radical (unpaired) electrons. The van der Waals surface area contributed by atoms with Crippen LogP contribution in [0.25, 0.3) is 20.4 Å². The number of halogens is 4. The maximum absolute atomic E-state index is 5.80. The van der Waals surface area contributed by atoms with Gasteiger partial charge in [0.05, 0.1) is 0 Å². The van der Waals surface area contributed by atoms with Crippen LogP contribution in [-0.2, 0) is 16.5 Å². The number of aromatic nitrogens is 2. The summed E-state index contributed by atoms with van der Waals surface area (Å²) in [5, 5.41) is 3.80. The van der Waals surface area contributed by atoms with Crippen molar-refractivity contribution in [2.45, 2.75) is 13.8 Å². The third kappa shape index (κ3) is 6.62. The van der Waals surface area contributed by atoms with Gasteiger partial charge in [-0.25, -0.2) is 0 Å². The van der Waals surface area contributed by atoms with Crippen LogP contribution in [0.15, 0.2) is 36.4 Å². The molecule has 0 aliphatic carbocycles. The third-order valence-electron chi connectivity index (χ3n) is 3.00. The first kappa shape index (κ1) is 21.4. The van der Waals surface area contributed by atoms with Gasteiger partial charge in [-0.3, -0.25) is 0 Å². The van der Waals surface area contributed by atoms with Gasteiger partial charge in [0.1, 0.15) is 11.0 Å². The molecule has 2 nitrogen and oxygen atoms in total. The third-order valence-corrected chi connectivity index (χ3v) is 5.56. The summed E-state index contributed by atoms with van der Waals surface area (Å²) < 4.78 is 2.51. The zero-order valence-electron chi connectivity index (χ0n) is 13.1. The van der Waals surface area contributed by atoms with Crippen molar-refractivity contribution >= 4 is 85.1 Å². The van der Waals surface area contributed by atoms with Crippen LogP contribution < -0.4 is 0 Å². The fourth-order valence-electron chi connectivity index (χ4n) is 2.11. The van der Waals surface area contributed by atoms with E-state index in [1.165, 1.54) is 32.1 Å². The van der Waals surface area contributed by atoms with E-state index in [-0.39, 0.29) is 0 Å². The Hall–Kier alpha value is 0.0683. The Balaban J connectivity index is 0.000000156. The van der Waals surface area contributed by atoms with Crippen LogP contribution in [0, 0.1) is 13.8 Å². The van der Waals surface area contributed by atoms with Crippen molar-refractivity contribution in [1.82, 2.24) is 9.97 Å². The zero-order valence-corrected chi connectivity index (χ0v) is 20.2. The van der Waals surface area contributed by atoms with E-state index in [1.54, 1.807) is 0 Å². The summed E-state index contributed by atoms with van der Waals surface area (Å²) >= 11 is 13.6. The van der Waals surface area contributed by atoms with E-state index in [4.69, 9.17) is 42.0 Å². The molecule has 2 heterocycles. The van der Waals surface area contributed by atoms with E-state index in [0.29, 0.717) is 0 Å². The molecule has 0 spiro atoms. The minimum absolute atomic E-state index is 0.472. The molecular weight excluding hydrogens is 621 g/mol. The summed E-state index contributed by atoms with van der Waals surface area (Å²) in [6, 6.07) is 11.7. The number of aryl methyl sites for hydroxylation is 2. The van der Waals surface area contributed by atoms with Gasteiger partial charge >= 0.3 is 35.3 Å². The number of fused-ring (bicyclic) bond motifs is 2. The molecule has 2 aromatic heterocycles. The Bertz CT molecular complexity index is 893. The molecule has 0 bridgehead atoms. The fourth-order valence-corrected chi connectivity index (χ4v) is 4.21. The van der Waals surface area contributed by atoms with Gasteiger partial charge in [0, 0.05) is 36.0 Å². The quantitative estimate of drug-likeness (QED) is 0.189. The van der Waals surface area contributed by atoms with Crippen LogP contribution in [0.2, 0.25) is 10.0 Å². The number of hydrogen-bond acceptors (Lipinski definition) is 2. The van der Waals surface area contributed by atoms with Gasteiger partial charge < -0.3 is 0 Å². The molecule has 0 saturated carbocycles. The second-order valence-corrected chi connectivity index (χ2v) is 11.7. The van der Waals surface area contributed by atoms with Crippen LogP contribution >= 0.6 is 64.7 Å². The van der Waals surface area contributed by atoms with E-state index in [1.807, 2.05) is 50.2 Å². The summed E-state index contributed by atoms with van der Waals surface area (Å²) in [5.41, 5.74) is 2.05. The number of hydrogen-bond donors (Lipinski definition) is 0. The number of nitrogens with zero attached hydrogens (tertiary/aromatic N) is 2. The van der Waals surface area contributed by atoms with Crippen LogP contribution in [-0.4, -0.2) is 9.97 Å². The average Bonchev–Trinajstić information content (AvgIpc) is 3.08. The van der Waals surface area contributed by atoms with Crippen LogP contribution in [0.3, 0.4) is 0 Å². The molecule has 0 N–H and O–H groups in total. The van der Waals surface area contributed by atoms with Crippen LogP contribution in [0.4, 0.5) is 0 Å². The Kier molecular flexibility index (Phi) is 8.90. The van der Waals surface area contributed by atoms with E-state index in [2.05, 4.69) is 9.97 Å². The molecule has 0 fully saturated rings. The number of thiazole rings is 2. The summed E-state index contributed by atoms with van der Waals surface area (Å²) in [5.74, 6) is 0. The Labute approximate surface area is 180 Å². The fraction of sp³-hybridized carbons (Fsp3) is 0.125. The van der Waals surface area contributed by atoms with Crippen molar-refractivity contribution in [2.24, 2.45) is 0 Å². The Morgan fingerprint density at radius 2 is 1.12 bits per heavy atom. The van der Waals surface area contributed by atoms with Gasteiger partial charge in [-0.2, -0.15) is 9.97 Å². The van der Waals surface area contributed by atoms with Gasteiger partial charge in [0.15, 0.2) is 9.40 Å². The molecule has 9 heteroatoms. The molecule has 0 unspecified atom stereocenters. The monoisotopic (exact) mass is 633 g/mol. The summed E-state index contributed by atoms with van der Waals surface area (Å²) in [4.78, 5) is 8.67. The van der Waals surface area contributed by atoms with Gasteiger partial charge in [-0.1, -0.05) is 23.2 Å². The SMILES string of the molecule is Cc1nc2cc(Cl)ccc2[sH+]1.Cc1nc2cc(Cl)ccc2[sH+]1.[Cl][Pt][Cl]. The topological polar surface area (TPSA) is 25.8 Å². The first-order valence-corrected chi connectivity index (χ1v) is 15.1. The maximum atomic E-state index is 5.80. The predicted octanol–water partition coefficient (Wildman–Crippen LogP) is 7.36. The Morgan fingerprint density at radius 1 is 0.760 bits per heavy atom. The molecule has 0 aliphatic heterocycles. The van der Waals surface area contributed by atoms with Gasteiger partial charge in [0.25, 0.3) is 0 Å².